The number of nitrogens with one attached hydrogen (secondary N) is 2. The second-order valence-corrected chi connectivity index (χ2v) is 6.63. The maximum atomic E-state index is 12.4. The number of rotatable bonds is 4. The zero-order valence-electron chi connectivity index (χ0n) is 12.9. The Bertz CT molecular complexity index is 662. The number of urea groups is 1. The van der Waals surface area contributed by atoms with Crippen LogP contribution in [0.2, 0.25) is 0 Å². The lowest BCUT2D eigenvalue weighted by atomic mass is 9.99. The molecule has 0 radical (unpaired) electrons. The van der Waals surface area contributed by atoms with Crippen LogP contribution in [0.15, 0.2) is 23.1 Å². The van der Waals surface area contributed by atoms with Crippen molar-refractivity contribution in [3.8, 4) is 0 Å². The van der Waals surface area contributed by atoms with Crippen molar-refractivity contribution in [1.82, 2.24) is 15.5 Å². The van der Waals surface area contributed by atoms with Gasteiger partial charge in [-0.3, -0.25) is 14.9 Å². The fraction of sp³-hybridized carbons (Fsp3) is 0.438. The second kappa shape index (κ2) is 6.62. The van der Waals surface area contributed by atoms with E-state index in [2.05, 4.69) is 35.1 Å². The molecule has 0 saturated carbocycles. The van der Waals surface area contributed by atoms with Gasteiger partial charge in [0.2, 0.25) is 5.91 Å². The Morgan fingerprint density at radius 1 is 1.35 bits per heavy atom. The number of carbonyl (C=O) groups is 3. The lowest BCUT2D eigenvalue weighted by Gasteiger charge is -2.29. The van der Waals surface area contributed by atoms with Crippen LogP contribution in [-0.4, -0.2) is 41.6 Å². The minimum Gasteiger partial charge on any atom is -0.338 e. The van der Waals surface area contributed by atoms with E-state index in [1.807, 2.05) is 4.90 Å². The molecule has 2 heterocycles. The van der Waals surface area contributed by atoms with Crippen molar-refractivity contribution in [3.05, 3.63) is 29.3 Å². The summed E-state index contributed by atoms with van der Waals surface area (Å²) in [7, 11) is 0. The first-order valence-corrected chi connectivity index (χ1v) is 8.84. The molecule has 6 nitrogen and oxygen atoms in total. The van der Waals surface area contributed by atoms with E-state index in [-0.39, 0.29) is 18.2 Å². The molecule has 3 rings (SSSR count). The zero-order valence-corrected chi connectivity index (χ0v) is 13.7. The summed E-state index contributed by atoms with van der Waals surface area (Å²) >= 11 is 1.72. The number of benzene rings is 1. The highest BCUT2D eigenvalue weighted by Gasteiger charge is 2.30. The molecule has 0 aliphatic carbocycles. The molecular weight excluding hydrogens is 314 g/mol. The summed E-state index contributed by atoms with van der Waals surface area (Å²) in [6, 6.07) is 5.29. The molecule has 1 fully saturated rings. The van der Waals surface area contributed by atoms with Crippen LogP contribution in [0, 0.1) is 0 Å². The molecule has 2 aliphatic rings. The van der Waals surface area contributed by atoms with Crippen molar-refractivity contribution in [1.29, 1.82) is 0 Å². The first kappa shape index (κ1) is 15.9. The third-order valence-electron chi connectivity index (χ3n) is 4.28. The molecule has 0 spiro atoms. The van der Waals surface area contributed by atoms with Crippen molar-refractivity contribution >= 4 is 29.6 Å². The Balaban J connectivity index is 1.56. The average molecular weight is 333 g/mol. The van der Waals surface area contributed by atoms with Crippen LogP contribution in [0.3, 0.4) is 0 Å². The van der Waals surface area contributed by atoms with Crippen LogP contribution in [0.25, 0.3) is 0 Å². The Kier molecular flexibility index (Phi) is 4.56. The summed E-state index contributed by atoms with van der Waals surface area (Å²) in [5.74, 6) is -0.324. The fourth-order valence-corrected chi connectivity index (χ4v) is 3.42. The van der Waals surface area contributed by atoms with E-state index >= 15 is 0 Å². The second-order valence-electron chi connectivity index (χ2n) is 5.75. The molecule has 1 saturated heterocycles. The van der Waals surface area contributed by atoms with Gasteiger partial charge in [-0.05, 0) is 42.4 Å². The summed E-state index contributed by atoms with van der Waals surface area (Å²) in [5, 5.41) is 4.70. The molecule has 1 atom stereocenters. The molecule has 2 N–H and O–H groups in total. The van der Waals surface area contributed by atoms with Crippen LogP contribution in [0.5, 0.6) is 0 Å². The van der Waals surface area contributed by atoms with Gasteiger partial charge >= 0.3 is 6.03 Å². The monoisotopic (exact) mass is 333 g/mol. The van der Waals surface area contributed by atoms with Crippen LogP contribution < -0.4 is 10.6 Å². The van der Waals surface area contributed by atoms with E-state index in [0.717, 1.165) is 6.42 Å². The highest BCUT2D eigenvalue weighted by atomic mass is 32.2. The summed E-state index contributed by atoms with van der Waals surface area (Å²) in [6.45, 7) is 1.32. The standard InChI is InChI=1S/C16H19N3O3S/c1-23-12-3-2-11-9-19(7-6-10(11)8-12)14(20)5-4-13-15(21)18-16(22)17-13/h2-3,8,13H,4-7,9H2,1H3,(H2,17,18,21,22). The fourth-order valence-electron chi connectivity index (χ4n) is 2.96. The third kappa shape index (κ3) is 3.50. The number of hydrogen-bond acceptors (Lipinski definition) is 4. The number of fused-ring (bicyclic) bond motifs is 1. The van der Waals surface area contributed by atoms with E-state index in [1.54, 1.807) is 11.8 Å². The highest BCUT2D eigenvalue weighted by molar-refractivity contribution is 7.98. The predicted octanol–water partition coefficient (Wildman–Crippen LogP) is 1.28. The summed E-state index contributed by atoms with van der Waals surface area (Å²) in [5.41, 5.74) is 2.50. The van der Waals surface area contributed by atoms with Gasteiger partial charge in [-0.2, -0.15) is 0 Å². The summed E-state index contributed by atoms with van der Waals surface area (Å²) in [4.78, 5) is 38.0. The van der Waals surface area contributed by atoms with E-state index < -0.39 is 12.1 Å². The number of thioether (sulfide) groups is 1. The normalized spacial score (nSPS) is 20.0. The Hall–Kier alpha value is -2.02. The predicted molar refractivity (Wildman–Crippen MR) is 87.0 cm³/mol. The number of imide groups is 1. The maximum Gasteiger partial charge on any atom is 0.322 e. The number of hydrogen-bond donors (Lipinski definition) is 2. The van der Waals surface area contributed by atoms with E-state index in [1.165, 1.54) is 16.0 Å². The first-order valence-electron chi connectivity index (χ1n) is 7.62. The van der Waals surface area contributed by atoms with Gasteiger partial charge in [0.25, 0.3) is 5.91 Å². The van der Waals surface area contributed by atoms with Crippen molar-refractivity contribution in [2.24, 2.45) is 0 Å². The number of amides is 4. The molecular formula is C16H19N3O3S. The van der Waals surface area contributed by atoms with E-state index in [4.69, 9.17) is 0 Å². The smallest absolute Gasteiger partial charge is 0.322 e. The van der Waals surface area contributed by atoms with Crippen molar-refractivity contribution in [2.75, 3.05) is 12.8 Å². The lowest BCUT2D eigenvalue weighted by Crippen LogP contribution is -2.37. The van der Waals surface area contributed by atoms with Crippen LogP contribution in [0.1, 0.15) is 24.0 Å². The average Bonchev–Trinajstić information content (AvgIpc) is 2.89. The molecule has 1 aromatic carbocycles. The lowest BCUT2D eigenvalue weighted by molar-refractivity contribution is -0.132. The molecule has 122 valence electrons. The van der Waals surface area contributed by atoms with Crippen LogP contribution >= 0.6 is 11.8 Å². The molecule has 1 unspecified atom stereocenters. The van der Waals surface area contributed by atoms with Gasteiger partial charge < -0.3 is 10.2 Å². The van der Waals surface area contributed by atoms with Crippen molar-refractivity contribution in [3.63, 3.8) is 0 Å². The van der Waals surface area contributed by atoms with Gasteiger partial charge in [0.15, 0.2) is 0 Å². The molecule has 7 heteroatoms. The van der Waals surface area contributed by atoms with Gasteiger partial charge in [-0.15, -0.1) is 11.8 Å². The Morgan fingerprint density at radius 3 is 2.87 bits per heavy atom. The SMILES string of the molecule is CSc1ccc2c(c1)CCN(C(=O)CCC1NC(=O)NC1=O)C2. The molecule has 2 aliphatic heterocycles. The van der Waals surface area contributed by atoms with Gasteiger partial charge in [0, 0.05) is 24.4 Å². The molecule has 23 heavy (non-hydrogen) atoms. The van der Waals surface area contributed by atoms with Crippen molar-refractivity contribution in [2.45, 2.75) is 36.7 Å². The Labute approximate surface area is 139 Å². The van der Waals surface area contributed by atoms with Gasteiger partial charge in [-0.1, -0.05) is 6.07 Å². The zero-order chi connectivity index (χ0) is 16.4. The van der Waals surface area contributed by atoms with Gasteiger partial charge in [0.1, 0.15) is 6.04 Å². The van der Waals surface area contributed by atoms with Crippen LogP contribution in [0.4, 0.5) is 4.79 Å². The molecule has 1 aromatic rings. The van der Waals surface area contributed by atoms with E-state index in [9.17, 15) is 14.4 Å². The van der Waals surface area contributed by atoms with Gasteiger partial charge in [0.05, 0.1) is 0 Å². The third-order valence-corrected chi connectivity index (χ3v) is 5.01. The van der Waals surface area contributed by atoms with E-state index in [0.29, 0.717) is 19.5 Å². The molecule has 0 bridgehead atoms. The summed E-state index contributed by atoms with van der Waals surface area (Å²) < 4.78 is 0. The quantitative estimate of drug-likeness (QED) is 0.643. The molecule has 4 amide bonds. The maximum absolute atomic E-state index is 12.4. The number of carbonyl (C=O) groups excluding carboxylic acids is 3. The molecule has 0 aromatic heterocycles. The first-order chi connectivity index (χ1) is 11.1. The minimum atomic E-state index is -0.590. The Morgan fingerprint density at radius 2 is 2.17 bits per heavy atom. The topological polar surface area (TPSA) is 78.5 Å². The van der Waals surface area contributed by atoms with Crippen molar-refractivity contribution < 1.29 is 14.4 Å². The number of nitrogens with zero attached hydrogens (tertiary/aromatic N) is 1. The largest absolute Gasteiger partial charge is 0.338 e. The minimum absolute atomic E-state index is 0.0264. The van der Waals surface area contributed by atoms with Crippen LogP contribution in [-0.2, 0) is 22.6 Å². The highest BCUT2D eigenvalue weighted by Crippen LogP contribution is 2.25. The van der Waals surface area contributed by atoms with Gasteiger partial charge in [-0.25, -0.2) is 4.79 Å². The summed E-state index contributed by atoms with van der Waals surface area (Å²) in [6.07, 6.45) is 3.51.